The Hall–Kier alpha value is -1.39. The summed E-state index contributed by atoms with van der Waals surface area (Å²) in [6.45, 7) is 3.08. The van der Waals surface area contributed by atoms with Gasteiger partial charge in [-0.2, -0.15) is 0 Å². The van der Waals surface area contributed by atoms with Gasteiger partial charge in [-0.1, -0.05) is 30.3 Å². The molecule has 1 amide bonds. The van der Waals surface area contributed by atoms with Crippen molar-refractivity contribution in [3.63, 3.8) is 0 Å². The number of hydrogen-bond acceptors (Lipinski definition) is 3. The van der Waals surface area contributed by atoms with E-state index >= 15 is 0 Å². The predicted molar refractivity (Wildman–Crippen MR) is 67.6 cm³/mol. The third kappa shape index (κ3) is 3.84. The van der Waals surface area contributed by atoms with Crippen molar-refractivity contribution >= 4 is 5.91 Å². The molecule has 0 aliphatic carbocycles. The number of rotatable bonds is 5. The molecule has 1 fully saturated rings. The second-order valence-corrected chi connectivity index (χ2v) is 4.56. The van der Waals surface area contributed by atoms with Crippen molar-refractivity contribution in [2.75, 3.05) is 26.7 Å². The van der Waals surface area contributed by atoms with Crippen LogP contribution < -0.4 is 10.6 Å². The zero-order valence-corrected chi connectivity index (χ0v) is 10.1. The molecule has 1 heterocycles. The third-order valence-electron chi connectivity index (χ3n) is 2.95. The number of hydrogen-bond donors (Lipinski definition) is 2. The van der Waals surface area contributed by atoms with E-state index in [1.807, 2.05) is 30.3 Å². The molecule has 0 atom stereocenters. The smallest absolute Gasteiger partial charge is 0.234 e. The van der Waals surface area contributed by atoms with Gasteiger partial charge in [0.15, 0.2) is 0 Å². The Morgan fingerprint density at radius 1 is 1.35 bits per heavy atom. The van der Waals surface area contributed by atoms with Gasteiger partial charge in [0, 0.05) is 25.7 Å². The summed E-state index contributed by atoms with van der Waals surface area (Å²) in [5, 5.41) is 6.13. The first-order chi connectivity index (χ1) is 8.24. The highest BCUT2D eigenvalue weighted by molar-refractivity contribution is 5.78. The van der Waals surface area contributed by atoms with Gasteiger partial charge in [-0.05, 0) is 12.6 Å². The van der Waals surface area contributed by atoms with Gasteiger partial charge in [0.2, 0.25) is 5.91 Å². The van der Waals surface area contributed by atoms with Gasteiger partial charge in [0.25, 0.3) is 0 Å². The second-order valence-electron chi connectivity index (χ2n) is 4.56. The summed E-state index contributed by atoms with van der Waals surface area (Å²) < 4.78 is 0. The Bertz CT molecular complexity index is 360. The Balaban J connectivity index is 1.61. The molecule has 0 spiro atoms. The number of likely N-dealkylation sites (N-methyl/N-ethyl adjacent to an activating group) is 1. The van der Waals surface area contributed by atoms with Gasteiger partial charge in [0.1, 0.15) is 0 Å². The van der Waals surface area contributed by atoms with E-state index in [1.165, 1.54) is 0 Å². The summed E-state index contributed by atoms with van der Waals surface area (Å²) in [5.74, 6) is 0.0587. The molecule has 0 saturated carbocycles. The summed E-state index contributed by atoms with van der Waals surface area (Å²) >= 11 is 0. The average Bonchev–Trinajstić information content (AvgIpc) is 2.32. The van der Waals surface area contributed by atoms with E-state index in [0.717, 1.165) is 18.7 Å². The normalized spacial score (nSPS) is 16.5. The molecule has 92 valence electrons. The molecule has 0 unspecified atom stereocenters. The Morgan fingerprint density at radius 2 is 2.06 bits per heavy atom. The van der Waals surface area contributed by atoms with Crippen LogP contribution >= 0.6 is 0 Å². The molecule has 0 bridgehead atoms. The minimum atomic E-state index is 0.0587. The van der Waals surface area contributed by atoms with Gasteiger partial charge in [-0.3, -0.25) is 4.79 Å². The van der Waals surface area contributed by atoms with Crippen LogP contribution in [0.25, 0.3) is 0 Å². The van der Waals surface area contributed by atoms with Gasteiger partial charge in [-0.25, -0.2) is 0 Å². The quantitative estimate of drug-likeness (QED) is 0.764. The highest BCUT2D eigenvalue weighted by Gasteiger charge is 2.22. The zero-order chi connectivity index (χ0) is 12.1. The fourth-order valence-corrected chi connectivity index (χ4v) is 1.92. The molecule has 1 saturated heterocycles. The van der Waals surface area contributed by atoms with Crippen LogP contribution in [0.15, 0.2) is 30.3 Å². The lowest BCUT2D eigenvalue weighted by molar-refractivity contribution is -0.120. The first-order valence-corrected chi connectivity index (χ1v) is 5.96. The lowest BCUT2D eigenvalue weighted by Crippen LogP contribution is -2.57. The lowest BCUT2D eigenvalue weighted by atomic mass is 10.1. The SMILES string of the molecule is CN1CC(NCC(=O)NCc2ccccc2)C1. The summed E-state index contributed by atoms with van der Waals surface area (Å²) in [5.41, 5.74) is 1.13. The zero-order valence-electron chi connectivity index (χ0n) is 10.1. The maximum Gasteiger partial charge on any atom is 0.234 e. The van der Waals surface area contributed by atoms with Crippen molar-refractivity contribution in [3.05, 3.63) is 35.9 Å². The van der Waals surface area contributed by atoms with Gasteiger partial charge < -0.3 is 15.5 Å². The van der Waals surface area contributed by atoms with Crippen LogP contribution in [0.1, 0.15) is 5.56 Å². The molecule has 17 heavy (non-hydrogen) atoms. The van der Waals surface area contributed by atoms with E-state index in [9.17, 15) is 4.79 Å². The monoisotopic (exact) mass is 233 g/mol. The molecule has 2 rings (SSSR count). The first kappa shape index (κ1) is 12.1. The minimum Gasteiger partial charge on any atom is -0.351 e. The lowest BCUT2D eigenvalue weighted by Gasteiger charge is -2.36. The number of amides is 1. The maximum atomic E-state index is 11.6. The van der Waals surface area contributed by atoms with E-state index in [4.69, 9.17) is 0 Å². The molecular formula is C13H19N3O. The van der Waals surface area contributed by atoms with Crippen molar-refractivity contribution in [2.45, 2.75) is 12.6 Å². The number of nitrogens with one attached hydrogen (secondary N) is 2. The molecule has 1 aliphatic heterocycles. The summed E-state index contributed by atoms with van der Waals surface area (Å²) in [7, 11) is 2.08. The maximum absolute atomic E-state index is 11.6. The topological polar surface area (TPSA) is 44.4 Å². The molecule has 2 N–H and O–H groups in total. The van der Waals surface area contributed by atoms with Crippen molar-refractivity contribution < 1.29 is 4.79 Å². The van der Waals surface area contributed by atoms with Crippen LogP contribution in [0.3, 0.4) is 0 Å². The summed E-state index contributed by atoms with van der Waals surface area (Å²) in [6.07, 6.45) is 0. The van der Waals surface area contributed by atoms with Crippen LogP contribution in [0, 0.1) is 0 Å². The number of benzene rings is 1. The molecule has 0 radical (unpaired) electrons. The van der Waals surface area contributed by atoms with Crippen molar-refractivity contribution in [3.8, 4) is 0 Å². The molecular weight excluding hydrogens is 214 g/mol. The number of carbonyl (C=O) groups is 1. The van der Waals surface area contributed by atoms with Crippen LogP contribution in [0.4, 0.5) is 0 Å². The van der Waals surface area contributed by atoms with Crippen LogP contribution in [0.5, 0.6) is 0 Å². The highest BCUT2D eigenvalue weighted by Crippen LogP contribution is 2.02. The fraction of sp³-hybridized carbons (Fsp3) is 0.462. The predicted octanol–water partition coefficient (Wildman–Crippen LogP) is 0.206. The van der Waals surface area contributed by atoms with Crippen molar-refractivity contribution in [2.24, 2.45) is 0 Å². The van der Waals surface area contributed by atoms with E-state index in [0.29, 0.717) is 19.1 Å². The molecule has 4 heteroatoms. The van der Waals surface area contributed by atoms with E-state index < -0.39 is 0 Å². The molecule has 1 aliphatic rings. The summed E-state index contributed by atoms with van der Waals surface area (Å²) in [4.78, 5) is 13.8. The van der Waals surface area contributed by atoms with E-state index in [2.05, 4.69) is 22.6 Å². The van der Waals surface area contributed by atoms with Gasteiger partial charge in [-0.15, -0.1) is 0 Å². The Morgan fingerprint density at radius 3 is 2.71 bits per heavy atom. The Labute approximate surface area is 102 Å². The molecule has 1 aromatic rings. The standard InChI is InChI=1S/C13H19N3O/c1-16-9-12(10-16)14-8-13(17)15-7-11-5-3-2-4-6-11/h2-6,12,14H,7-10H2,1H3,(H,15,17). The van der Waals surface area contributed by atoms with Crippen molar-refractivity contribution in [1.29, 1.82) is 0 Å². The third-order valence-corrected chi connectivity index (χ3v) is 2.95. The average molecular weight is 233 g/mol. The number of carbonyl (C=O) groups excluding carboxylic acids is 1. The molecule has 0 aromatic heterocycles. The van der Waals surface area contributed by atoms with Crippen LogP contribution in [0.2, 0.25) is 0 Å². The number of nitrogens with zero attached hydrogens (tertiary/aromatic N) is 1. The largest absolute Gasteiger partial charge is 0.351 e. The first-order valence-electron chi connectivity index (χ1n) is 5.96. The van der Waals surface area contributed by atoms with E-state index in [-0.39, 0.29) is 5.91 Å². The fourth-order valence-electron chi connectivity index (χ4n) is 1.92. The second kappa shape index (κ2) is 5.80. The van der Waals surface area contributed by atoms with Crippen LogP contribution in [-0.4, -0.2) is 43.5 Å². The number of likely N-dealkylation sites (tertiary alicyclic amines) is 1. The van der Waals surface area contributed by atoms with Crippen LogP contribution in [-0.2, 0) is 11.3 Å². The van der Waals surface area contributed by atoms with Gasteiger partial charge in [0.05, 0.1) is 6.54 Å². The van der Waals surface area contributed by atoms with Gasteiger partial charge >= 0.3 is 0 Å². The minimum absolute atomic E-state index is 0.0587. The van der Waals surface area contributed by atoms with E-state index in [1.54, 1.807) is 0 Å². The summed E-state index contributed by atoms with van der Waals surface area (Å²) in [6, 6.07) is 10.4. The highest BCUT2D eigenvalue weighted by atomic mass is 16.1. The molecule has 1 aromatic carbocycles. The Kier molecular flexibility index (Phi) is 4.12. The van der Waals surface area contributed by atoms with Crippen molar-refractivity contribution in [1.82, 2.24) is 15.5 Å². The molecule has 4 nitrogen and oxygen atoms in total.